The molecule has 8 heteroatoms. The lowest BCUT2D eigenvalue weighted by Crippen LogP contribution is -2.17. The predicted molar refractivity (Wildman–Crippen MR) is 99.4 cm³/mol. The highest BCUT2D eigenvalue weighted by atomic mass is 32.1. The van der Waals surface area contributed by atoms with E-state index in [4.69, 9.17) is 4.74 Å². The van der Waals surface area contributed by atoms with Crippen molar-refractivity contribution < 1.29 is 14.3 Å². The quantitative estimate of drug-likeness (QED) is 0.672. The third-order valence-electron chi connectivity index (χ3n) is 3.60. The molecule has 7 nitrogen and oxygen atoms in total. The summed E-state index contributed by atoms with van der Waals surface area (Å²) in [6.07, 6.45) is 1.57. The van der Waals surface area contributed by atoms with E-state index in [-0.39, 0.29) is 12.5 Å². The second-order valence-electron chi connectivity index (χ2n) is 5.27. The van der Waals surface area contributed by atoms with Gasteiger partial charge in [0.05, 0.1) is 12.3 Å². The summed E-state index contributed by atoms with van der Waals surface area (Å²) in [5.74, 6) is -0.781. The van der Waals surface area contributed by atoms with E-state index in [1.807, 2.05) is 37.3 Å². The van der Waals surface area contributed by atoms with Crippen molar-refractivity contribution in [1.82, 2.24) is 14.8 Å². The van der Waals surface area contributed by atoms with Gasteiger partial charge in [0.15, 0.2) is 5.13 Å². The van der Waals surface area contributed by atoms with Crippen LogP contribution in [0.25, 0.3) is 11.3 Å². The first kappa shape index (κ1) is 17.8. The monoisotopic (exact) mass is 370 g/mol. The normalized spacial score (nSPS) is 10.5. The first-order valence-corrected chi connectivity index (χ1v) is 9.02. The van der Waals surface area contributed by atoms with Gasteiger partial charge in [-0.2, -0.15) is 5.10 Å². The summed E-state index contributed by atoms with van der Waals surface area (Å²) in [6, 6.07) is 11.0. The lowest BCUT2D eigenvalue weighted by Gasteiger charge is -2.03. The molecule has 134 valence electrons. The van der Waals surface area contributed by atoms with Crippen molar-refractivity contribution in [1.29, 1.82) is 0 Å². The fraction of sp³-hybridized carbons (Fsp3) is 0.222. The average molecular weight is 370 g/mol. The number of carbonyl (C=O) groups excluding carboxylic acids is 2. The van der Waals surface area contributed by atoms with E-state index in [1.54, 1.807) is 23.9 Å². The van der Waals surface area contributed by atoms with Gasteiger partial charge in [-0.25, -0.2) is 9.78 Å². The van der Waals surface area contributed by atoms with Crippen LogP contribution in [0, 0.1) is 0 Å². The second kappa shape index (κ2) is 7.92. The van der Waals surface area contributed by atoms with Gasteiger partial charge in [0.25, 0.3) is 5.91 Å². The standard InChI is InChI=1S/C18H18N4O3S/c1-3-22-13(10-11-19-22)16(23)21-18-20-14(12-8-6-5-7-9-12)15(26-18)17(24)25-4-2/h5-11H,3-4H2,1-2H3,(H,20,21,23). The van der Waals surface area contributed by atoms with Gasteiger partial charge >= 0.3 is 5.97 Å². The fourth-order valence-corrected chi connectivity index (χ4v) is 3.32. The molecule has 2 aromatic heterocycles. The number of aryl methyl sites for hydroxylation is 1. The lowest BCUT2D eigenvalue weighted by atomic mass is 10.1. The number of nitrogens with zero attached hydrogens (tertiary/aromatic N) is 3. The first-order chi connectivity index (χ1) is 12.6. The topological polar surface area (TPSA) is 86.1 Å². The van der Waals surface area contributed by atoms with Gasteiger partial charge in [0.1, 0.15) is 10.6 Å². The number of hydrogen-bond acceptors (Lipinski definition) is 6. The Morgan fingerprint density at radius 2 is 1.96 bits per heavy atom. The number of rotatable bonds is 6. The van der Waals surface area contributed by atoms with Gasteiger partial charge in [-0.05, 0) is 19.9 Å². The Hall–Kier alpha value is -3.00. The fourth-order valence-electron chi connectivity index (χ4n) is 2.44. The molecule has 0 aliphatic carbocycles. The SMILES string of the molecule is CCOC(=O)c1sc(NC(=O)c2ccnn2CC)nc1-c1ccccc1. The summed E-state index contributed by atoms with van der Waals surface area (Å²) in [5, 5.41) is 7.17. The molecule has 2 heterocycles. The van der Waals surface area contributed by atoms with Crippen LogP contribution in [-0.2, 0) is 11.3 Å². The molecule has 3 rings (SSSR count). The molecule has 0 aliphatic heterocycles. The van der Waals surface area contributed by atoms with Crippen molar-refractivity contribution >= 4 is 28.3 Å². The minimum absolute atomic E-state index is 0.266. The first-order valence-electron chi connectivity index (χ1n) is 8.20. The molecule has 0 saturated carbocycles. The number of nitrogens with one attached hydrogen (secondary N) is 1. The molecular formula is C18H18N4O3S. The van der Waals surface area contributed by atoms with E-state index in [0.717, 1.165) is 16.9 Å². The van der Waals surface area contributed by atoms with Gasteiger partial charge in [-0.3, -0.25) is 14.8 Å². The Balaban J connectivity index is 1.93. The molecule has 0 spiro atoms. The van der Waals surface area contributed by atoms with Crippen molar-refractivity contribution in [2.75, 3.05) is 11.9 Å². The highest BCUT2D eigenvalue weighted by Crippen LogP contribution is 2.32. The van der Waals surface area contributed by atoms with Crippen LogP contribution in [0.1, 0.15) is 34.0 Å². The molecule has 3 aromatic rings. The maximum atomic E-state index is 12.5. The highest BCUT2D eigenvalue weighted by molar-refractivity contribution is 7.18. The Bertz CT molecular complexity index is 918. The minimum atomic E-state index is -0.456. The molecule has 26 heavy (non-hydrogen) atoms. The molecule has 1 N–H and O–H groups in total. The maximum absolute atomic E-state index is 12.5. The van der Waals surface area contributed by atoms with Crippen LogP contribution in [0.5, 0.6) is 0 Å². The van der Waals surface area contributed by atoms with E-state index in [9.17, 15) is 9.59 Å². The van der Waals surface area contributed by atoms with Crippen LogP contribution in [0.4, 0.5) is 5.13 Å². The minimum Gasteiger partial charge on any atom is -0.462 e. The predicted octanol–water partition coefficient (Wildman–Crippen LogP) is 3.46. The number of benzene rings is 1. The van der Waals surface area contributed by atoms with Crippen molar-refractivity contribution in [2.45, 2.75) is 20.4 Å². The van der Waals surface area contributed by atoms with Gasteiger partial charge in [0, 0.05) is 18.3 Å². The summed E-state index contributed by atoms with van der Waals surface area (Å²) in [7, 11) is 0. The largest absolute Gasteiger partial charge is 0.462 e. The van der Waals surface area contributed by atoms with Crippen LogP contribution >= 0.6 is 11.3 Å². The second-order valence-corrected chi connectivity index (χ2v) is 6.27. The van der Waals surface area contributed by atoms with Crippen molar-refractivity contribution in [3.8, 4) is 11.3 Å². The molecule has 0 aliphatic rings. The number of carbonyl (C=O) groups is 2. The van der Waals surface area contributed by atoms with Crippen molar-refractivity contribution in [3.05, 3.63) is 53.2 Å². The van der Waals surface area contributed by atoms with E-state index in [0.29, 0.717) is 27.9 Å². The summed E-state index contributed by atoms with van der Waals surface area (Å²) in [5.41, 5.74) is 1.71. The van der Waals surface area contributed by atoms with Crippen LogP contribution < -0.4 is 5.32 Å². The molecule has 0 saturated heterocycles. The van der Waals surface area contributed by atoms with Crippen molar-refractivity contribution in [2.24, 2.45) is 0 Å². The third kappa shape index (κ3) is 3.65. The van der Waals surface area contributed by atoms with Gasteiger partial charge in [0.2, 0.25) is 0 Å². The summed E-state index contributed by atoms with van der Waals surface area (Å²) < 4.78 is 6.71. The smallest absolute Gasteiger partial charge is 0.350 e. The number of ether oxygens (including phenoxy) is 1. The molecule has 1 amide bonds. The van der Waals surface area contributed by atoms with Crippen LogP contribution in [-0.4, -0.2) is 33.2 Å². The van der Waals surface area contributed by atoms with Crippen LogP contribution in [0.2, 0.25) is 0 Å². The van der Waals surface area contributed by atoms with E-state index in [2.05, 4.69) is 15.4 Å². The maximum Gasteiger partial charge on any atom is 0.350 e. The number of anilines is 1. The van der Waals surface area contributed by atoms with Crippen LogP contribution in [0.3, 0.4) is 0 Å². The number of thiazole rings is 1. The van der Waals surface area contributed by atoms with E-state index >= 15 is 0 Å². The van der Waals surface area contributed by atoms with Gasteiger partial charge in [-0.1, -0.05) is 41.7 Å². The molecule has 1 aromatic carbocycles. The van der Waals surface area contributed by atoms with Gasteiger partial charge < -0.3 is 4.74 Å². The molecule has 0 bridgehead atoms. The van der Waals surface area contributed by atoms with E-state index in [1.165, 1.54) is 0 Å². The number of amides is 1. The third-order valence-corrected chi connectivity index (χ3v) is 4.56. The highest BCUT2D eigenvalue weighted by Gasteiger charge is 2.22. The zero-order valence-electron chi connectivity index (χ0n) is 14.4. The van der Waals surface area contributed by atoms with Crippen molar-refractivity contribution in [3.63, 3.8) is 0 Å². The summed E-state index contributed by atoms with van der Waals surface area (Å²) in [6.45, 7) is 4.49. The molecule has 0 unspecified atom stereocenters. The van der Waals surface area contributed by atoms with Gasteiger partial charge in [-0.15, -0.1) is 0 Å². The lowest BCUT2D eigenvalue weighted by molar-refractivity contribution is 0.0532. The Morgan fingerprint density at radius 3 is 2.65 bits per heavy atom. The Morgan fingerprint density at radius 1 is 1.19 bits per heavy atom. The Labute approximate surface area is 154 Å². The Kier molecular flexibility index (Phi) is 5.43. The number of aromatic nitrogens is 3. The zero-order valence-corrected chi connectivity index (χ0v) is 15.2. The number of esters is 1. The van der Waals surface area contributed by atoms with Crippen LogP contribution in [0.15, 0.2) is 42.6 Å². The van der Waals surface area contributed by atoms with E-state index < -0.39 is 5.97 Å². The summed E-state index contributed by atoms with van der Waals surface area (Å²) in [4.78, 5) is 29.6. The molecule has 0 fully saturated rings. The molecule has 0 radical (unpaired) electrons. The number of hydrogen-bond donors (Lipinski definition) is 1. The summed E-state index contributed by atoms with van der Waals surface area (Å²) >= 11 is 1.09. The molecule has 0 atom stereocenters. The molecular weight excluding hydrogens is 352 g/mol. The average Bonchev–Trinajstić information content (AvgIpc) is 3.29. The zero-order chi connectivity index (χ0) is 18.5.